The molecule has 0 aliphatic carbocycles. The summed E-state index contributed by atoms with van der Waals surface area (Å²) in [5, 5.41) is 3.60. The molecular weight excluding hydrogens is 178 g/mol. The minimum Gasteiger partial charge on any atom is -0.440 e. The number of carbonyl (C=O) groups is 1. The van der Waals surface area contributed by atoms with Crippen LogP contribution >= 0.6 is 0 Å². The summed E-state index contributed by atoms with van der Waals surface area (Å²) in [6.45, 7) is 1.47. The molecule has 1 aliphatic rings. The summed E-state index contributed by atoms with van der Waals surface area (Å²) in [4.78, 5) is 11.9. The number of amides is 2. The van der Waals surface area contributed by atoms with Gasteiger partial charge in [-0.1, -0.05) is 7.05 Å². The zero-order chi connectivity index (χ0) is 5.28. The second kappa shape index (κ2) is 3.98. The van der Waals surface area contributed by atoms with Gasteiger partial charge in [0.05, 0.1) is 0 Å². The largest absolute Gasteiger partial charge is 1.00 e. The molecule has 0 aromatic carbocycles. The van der Waals surface area contributed by atoms with Crippen molar-refractivity contribution in [2.75, 3.05) is 20.1 Å². The van der Waals surface area contributed by atoms with Gasteiger partial charge in [-0.2, -0.15) is 0 Å². The first-order valence-corrected chi connectivity index (χ1v) is 2.23. The summed E-state index contributed by atoms with van der Waals surface area (Å²) in [5.41, 5.74) is 0. The normalized spacial score (nSPS) is 17.6. The summed E-state index contributed by atoms with van der Waals surface area (Å²) in [6.07, 6.45) is 0. The molecule has 3 nitrogen and oxygen atoms in total. The Hall–Kier alpha value is 1.08. The molecule has 0 unspecified atom stereocenters. The van der Waals surface area contributed by atoms with Gasteiger partial charge in [-0.05, 0) is 13.1 Å². The molecule has 0 N–H and O–H groups in total. The van der Waals surface area contributed by atoms with E-state index in [2.05, 4.69) is 5.32 Å². The standard InChI is InChI=1S/C4H8N2O.Rb/c1-6-3-2-5-4(6)7;/h2-3H2,1H3,(H,5,7);/q;+1/p-1. The number of carbonyl (C=O) groups excluding carboxylic acids is 1. The fourth-order valence-corrected chi connectivity index (χ4v) is 0.512. The van der Waals surface area contributed by atoms with E-state index in [1.807, 2.05) is 0 Å². The van der Waals surface area contributed by atoms with Crippen LogP contribution in [0.25, 0.3) is 5.32 Å². The Morgan fingerprint density at radius 3 is 2.50 bits per heavy atom. The molecule has 0 aromatic heterocycles. The van der Waals surface area contributed by atoms with E-state index in [9.17, 15) is 4.79 Å². The van der Waals surface area contributed by atoms with Crippen molar-refractivity contribution in [1.82, 2.24) is 4.90 Å². The maximum absolute atomic E-state index is 10.3. The average molecular weight is 185 g/mol. The van der Waals surface area contributed by atoms with E-state index < -0.39 is 0 Å². The second-order valence-electron chi connectivity index (χ2n) is 1.59. The molecule has 0 aromatic rings. The molecule has 4 heteroatoms. The van der Waals surface area contributed by atoms with Gasteiger partial charge in [0.2, 0.25) is 0 Å². The molecule has 8 heavy (non-hydrogen) atoms. The van der Waals surface area contributed by atoms with Crippen LogP contribution in [0.4, 0.5) is 4.79 Å². The number of likely N-dealkylation sites (N-methyl/N-ethyl adjacent to an activating group) is 1. The molecule has 2 amide bonds. The van der Waals surface area contributed by atoms with Crippen LogP contribution in [0.2, 0.25) is 0 Å². The van der Waals surface area contributed by atoms with E-state index in [1.54, 1.807) is 11.9 Å². The molecule has 0 spiro atoms. The van der Waals surface area contributed by atoms with E-state index in [-0.39, 0.29) is 64.2 Å². The maximum atomic E-state index is 10.3. The number of rotatable bonds is 0. The second-order valence-corrected chi connectivity index (χ2v) is 1.59. The van der Waals surface area contributed by atoms with Crippen LogP contribution in [0.5, 0.6) is 0 Å². The summed E-state index contributed by atoms with van der Waals surface area (Å²) in [7, 11) is 1.75. The molecule has 0 atom stereocenters. The first-order chi connectivity index (χ1) is 3.30. The molecule has 0 radical (unpaired) electrons. The van der Waals surface area contributed by atoms with Gasteiger partial charge in [0.25, 0.3) is 0 Å². The smallest absolute Gasteiger partial charge is 0.440 e. The van der Waals surface area contributed by atoms with Crippen LogP contribution in [0, 0.1) is 0 Å². The molecular formula is C4H7N2ORb. The van der Waals surface area contributed by atoms with Crippen LogP contribution < -0.4 is 58.2 Å². The summed E-state index contributed by atoms with van der Waals surface area (Å²) < 4.78 is 0. The molecule has 0 bridgehead atoms. The van der Waals surface area contributed by atoms with Crippen molar-refractivity contribution in [3.63, 3.8) is 0 Å². The van der Waals surface area contributed by atoms with Gasteiger partial charge in [0.15, 0.2) is 6.03 Å². The Balaban J connectivity index is 0.000000490. The Morgan fingerprint density at radius 2 is 2.38 bits per heavy atom. The molecule has 1 rings (SSSR count). The molecule has 1 heterocycles. The van der Waals surface area contributed by atoms with Gasteiger partial charge in [-0.3, -0.25) is 4.79 Å². The van der Waals surface area contributed by atoms with Crippen molar-refractivity contribution < 1.29 is 63.0 Å². The number of hydrogen-bond donors (Lipinski definition) is 0. The van der Waals surface area contributed by atoms with Crippen molar-refractivity contribution in [2.45, 2.75) is 0 Å². The predicted molar refractivity (Wildman–Crippen MR) is 26.3 cm³/mol. The minimum absolute atomic E-state index is 0. The van der Waals surface area contributed by atoms with Gasteiger partial charge in [0, 0.05) is 0 Å². The first kappa shape index (κ1) is 9.08. The third kappa shape index (κ3) is 2.13. The number of hydrogen-bond acceptors (Lipinski definition) is 1. The Labute approximate surface area is 97.6 Å². The fraction of sp³-hybridized carbons (Fsp3) is 0.750. The Morgan fingerprint density at radius 1 is 1.75 bits per heavy atom. The third-order valence-electron chi connectivity index (χ3n) is 1.01. The van der Waals surface area contributed by atoms with Crippen LogP contribution in [-0.4, -0.2) is 31.1 Å². The van der Waals surface area contributed by atoms with E-state index >= 15 is 0 Å². The zero-order valence-corrected chi connectivity index (χ0v) is 10.1. The van der Waals surface area contributed by atoms with Gasteiger partial charge in [0.1, 0.15) is 0 Å². The van der Waals surface area contributed by atoms with Crippen LogP contribution in [0.3, 0.4) is 0 Å². The fourth-order valence-electron chi connectivity index (χ4n) is 0.512. The van der Waals surface area contributed by atoms with Crippen molar-refractivity contribution in [3.8, 4) is 0 Å². The van der Waals surface area contributed by atoms with E-state index in [0.717, 1.165) is 6.54 Å². The minimum atomic E-state index is -0.0833. The predicted octanol–water partition coefficient (Wildman–Crippen LogP) is -2.57. The molecule has 1 aliphatic heterocycles. The number of urea groups is 1. The quantitative estimate of drug-likeness (QED) is 0.408. The first-order valence-electron chi connectivity index (χ1n) is 2.23. The van der Waals surface area contributed by atoms with Crippen molar-refractivity contribution in [1.29, 1.82) is 0 Å². The molecule has 1 saturated heterocycles. The van der Waals surface area contributed by atoms with Crippen molar-refractivity contribution in [3.05, 3.63) is 5.32 Å². The van der Waals surface area contributed by atoms with Gasteiger partial charge < -0.3 is 10.2 Å². The van der Waals surface area contributed by atoms with Crippen LogP contribution in [0.15, 0.2) is 0 Å². The van der Waals surface area contributed by atoms with E-state index in [4.69, 9.17) is 0 Å². The maximum Gasteiger partial charge on any atom is 1.00 e. The SMILES string of the molecule is CN1CC[N-]C1=O.[Rb+]. The number of nitrogens with zero attached hydrogens (tertiary/aromatic N) is 2. The zero-order valence-electron chi connectivity index (χ0n) is 5.22. The van der Waals surface area contributed by atoms with Gasteiger partial charge in [-0.15, -0.1) is 0 Å². The van der Waals surface area contributed by atoms with Gasteiger partial charge in [-0.25, -0.2) is 0 Å². The summed E-state index contributed by atoms with van der Waals surface area (Å²) >= 11 is 0. The van der Waals surface area contributed by atoms with Crippen LogP contribution in [0.1, 0.15) is 0 Å². The van der Waals surface area contributed by atoms with Gasteiger partial charge >= 0.3 is 58.2 Å². The molecule has 1 fully saturated rings. The topological polar surface area (TPSA) is 34.4 Å². The average Bonchev–Trinajstić information content (AvgIpc) is 1.91. The van der Waals surface area contributed by atoms with Crippen molar-refractivity contribution >= 4 is 6.03 Å². The summed E-state index contributed by atoms with van der Waals surface area (Å²) in [6, 6.07) is -0.0833. The van der Waals surface area contributed by atoms with Crippen molar-refractivity contribution in [2.24, 2.45) is 0 Å². The monoisotopic (exact) mass is 184 g/mol. The Bertz CT molecular complexity index is 96.0. The molecule has 40 valence electrons. The van der Waals surface area contributed by atoms with E-state index in [1.165, 1.54) is 0 Å². The van der Waals surface area contributed by atoms with Crippen LogP contribution in [-0.2, 0) is 0 Å². The Kier molecular flexibility index (Phi) is 4.52. The van der Waals surface area contributed by atoms with E-state index in [0.29, 0.717) is 6.54 Å². The summed E-state index contributed by atoms with van der Waals surface area (Å²) in [5.74, 6) is 0. The third-order valence-corrected chi connectivity index (χ3v) is 1.01. The molecule has 0 saturated carbocycles.